The molecule has 0 radical (unpaired) electrons. The Hall–Kier alpha value is -3.09. The van der Waals surface area contributed by atoms with Crippen LogP contribution in [0.1, 0.15) is 11.5 Å². The highest BCUT2D eigenvalue weighted by Crippen LogP contribution is 2.31. The number of alkyl halides is 3. The molecular formula is C16H11F5N4O3S. The van der Waals surface area contributed by atoms with Crippen LogP contribution in [0.4, 0.5) is 27.6 Å². The normalized spacial score (nSPS) is 12.2. The summed E-state index contributed by atoms with van der Waals surface area (Å²) in [5.41, 5.74) is -0.380. The molecule has 0 aliphatic rings. The molecule has 0 unspecified atom stereocenters. The van der Waals surface area contributed by atoms with Crippen LogP contribution < -0.4 is 4.31 Å². The Morgan fingerprint density at radius 3 is 2.38 bits per heavy atom. The van der Waals surface area contributed by atoms with E-state index in [0.29, 0.717) is 0 Å². The predicted octanol–water partition coefficient (Wildman–Crippen LogP) is 3.39. The molecule has 2 aromatic heterocycles. The van der Waals surface area contributed by atoms with Crippen LogP contribution in [0, 0.1) is 11.6 Å². The minimum atomic E-state index is -4.85. The van der Waals surface area contributed by atoms with Gasteiger partial charge in [-0.15, -0.1) is 10.2 Å². The number of rotatable bonds is 5. The highest BCUT2D eigenvalue weighted by molar-refractivity contribution is 7.92. The van der Waals surface area contributed by atoms with E-state index in [0.717, 1.165) is 41.2 Å². The number of halogens is 5. The van der Waals surface area contributed by atoms with Crippen molar-refractivity contribution in [3.05, 3.63) is 59.7 Å². The molecule has 2 heterocycles. The summed E-state index contributed by atoms with van der Waals surface area (Å²) in [6, 6.07) is 4.08. The van der Waals surface area contributed by atoms with Gasteiger partial charge in [-0.05, 0) is 12.1 Å². The van der Waals surface area contributed by atoms with Crippen molar-refractivity contribution >= 4 is 15.7 Å². The molecule has 1 aromatic carbocycles. The first-order valence-corrected chi connectivity index (χ1v) is 9.58. The minimum Gasteiger partial charge on any atom is -0.413 e. The summed E-state index contributed by atoms with van der Waals surface area (Å²) in [7, 11) is -3.93. The first kappa shape index (κ1) is 20.6. The molecule has 0 amide bonds. The van der Waals surface area contributed by atoms with Gasteiger partial charge in [0.1, 0.15) is 11.6 Å². The second-order valence-electron chi connectivity index (χ2n) is 5.85. The van der Waals surface area contributed by atoms with E-state index in [1.165, 1.54) is 6.07 Å². The molecule has 7 nitrogen and oxygen atoms in total. The molecule has 0 bridgehead atoms. The first-order valence-electron chi connectivity index (χ1n) is 7.73. The maximum Gasteiger partial charge on any atom is 0.470 e. The van der Waals surface area contributed by atoms with Crippen molar-refractivity contribution < 1.29 is 34.8 Å². The van der Waals surface area contributed by atoms with E-state index >= 15 is 0 Å². The molecule has 29 heavy (non-hydrogen) atoms. The molecule has 0 aliphatic carbocycles. The van der Waals surface area contributed by atoms with Crippen molar-refractivity contribution in [3.63, 3.8) is 0 Å². The lowest BCUT2D eigenvalue weighted by Crippen LogP contribution is -2.29. The number of anilines is 1. The number of pyridine rings is 1. The Labute approximate surface area is 160 Å². The van der Waals surface area contributed by atoms with Gasteiger partial charge >= 0.3 is 12.1 Å². The Bertz CT molecular complexity index is 1150. The Morgan fingerprint density at radius 1 is 1.10 bits per heavy atom. The molecule has 154 valence electrons. The number of benzene rings is 1. The highest BCUT2D eigenvalue weighted by atomic mass is 32.2. The van der Waals surface area contributed by atoms with E-state index in [9.17, 15) is 30.4 Å². The second kappa shape index (κ2) is 7.39. The molecule has 0 atom stereocenters. The van der Waals surface area contributed by atoms with Crippen LogP contribution in [0.25, 0.3) is 11.5 Å². The van der Waals surface area contributed by atoms with E-state index in [2.05, 4.69) is 19.6 Å². The van der Waals surface area contributed by atoms with E-state index in [4.69, 9.17) is 0 Å². The molecule has 3 rings (SSSR count). The largest absolute Gasteiger partial charge is 0.470 e. The van der Waals surface area contributed by atoms with E-state index in [-0.39, 0.29) is 16.8 Å². The Morgan fingerprint density at radius 2 is 1.83 bits per heavy atom. The molecule has 0 fully saturated rings. The number of hydrogen-bond acceptors (Lipinski definition) is 6. The summed E-state index contributed by atoms with van der Waals surface area (Å²) in [6.07, 6.45) is -2.04. The zero-order chi connectivity index (χ0) is 21.4. The van der Waals surface area contributed by atoms with Crippen LogP contribution >= 0.6 is 0 Å². The lowest BCUT2D eigenvalue weighted by atomic mass is 10.1. The van der Waals surface area contributed by atoms with Crippen molar-refractivity contribution in [1.29, 1.82) is 0 Å². The number of nitrogens with zero attached hydrogens (tertiary/aromatic N) is 4. The summed E-state index contributed by atoms with van der Waals surface area (Å²) >= 11 is 0. The molecule has 0 N–H and O–H groups in total. The maximum absolute atomic E-state index is 14.5. The van der Waals surface area contributed by atoms with E-state index in [1.54, 1.807) is 0 Å². The van der Waals surface area contributed by atoms with Crippen molar-refractivity contribution in [2.24, 2.45) is 0 Å². The molecule has 0 saturated heterocycles. The van der Waals surface area contributed by atoms with Gasteiger partial charge in [0, 0.05) is 17.2 Å². The lowest BCUT2D eigenvalue weighted by Gasteiger charge is -2.22. The average Bonchev–Trinajstić information content (AvgIpc) is 3.10. The molecule has 0 spiro atoms. The predicted molar refractivity (Wildman–Crippen MR) is 89.9 cm³/mol. The molecule has 3 aromatic rings. The van der Waals surface area contributed by atoms with Gasteiger partial charge in [0.2, 0.25) is 15.9 Å². The van der Waals surface area contributed by atoms with Gasteiger partial charge in [-0.25, -0.2) is 17.2 Å². The Balaban J connectivity index is 1.92. The van der Waals surface area contributed by atoms with Gasteiger partial charge < -0.3 is 4.42 Å². The van der Waals surface area contributed by atoms with Crippen molar-refractivity contribution in [3.8, 4) is 11.5 Å². The zero-order valence-electron chi connectivity index (χ0n) is 14.5. The van der Waals surface area contributed by atoms with Gasteiger partial charge in [0.05, 0.1) is 30.9 Å². The van der Waals surface area contributed by atoms with Crippen LogP contribution in [0.15, 0.2) is 41.1 Å². The first-order chi connectivity index (χ1) is 13.4. The number of aromatic nitrogens is 3. The quantitative estimate of drug-likeness (QED) is 0.572. The van der Waals surface area contributed by atoms with Crippen LogP contribution in [-0.2, 0) is 22.7 Å². The summed E-state index contributed by atoms with van der Waals surface area (Å²) in [4.78, 5) is 3.56. The summed E-state index contributed by atoms with van der Waals surface area (Å²) in [5, 5.41) is 6.07. The van der Waals surface area contributed by atoms with Gasteiger partial charge in [-0.3, -0.25) is 9.29 Å². The topological polar surface area (TPSA) is 89.2 Å². The summed E-state index contributed by atoms with van der Waals surface area (Å²) in [5.74, 6) is -3.87. The fourth-order valence-corrected chi connectivity index (χ4v) is 3.21. The van der Waals surface area contributed by atoms with Crippen LogP contribution in [0.3, 0.4) is 0 Å². The van der Waals surface area contributed by atoms with Crippen molar-refractivity contribution in [2.45, 2.75) is 12.7 Å². The molecule has 0 saturated carbocycles. The third-order valence-electron chi connectivity index (χ3n) is 3.66. The fourth-order valence-electron chi connectivity index (χ4n) is 2.35. The van der Waals surface area contributed by atoms with Crippen molar-refractivity contribution in [2.75, 3.05) is 10.6 Å². The minimum absolute atomic E-state index is 0.123. The van der Waals surface area contributed by atoms with Gasteiger partial charge in [-0.1, -0.05) is 6.07 Å². The van der Waals surface area contributed by atoms with E-state index < -0.39 is 46.2 Å². The third kappa shape index (κ3) is 4.67. The van der Waals surface area contributed by atoms with Gasteiger partial charge in [-0.2, -0.15) is 13.2 Å². The van der Waals surface area contributed by atoms with Crippen LogP contribution in [0.5, 0.6) is 0 Å². The van der Waals surface area contributed by atoms with Crippen LogP contribution in [0.2, 0.25) is 0 Å². The van der Waals surface area contributed by atoms with Crippen molar-refractivity contribution in [1.82, 2.24) is 15.2 Å². The molecule has 13 heteroatoms. The standard InChI is InChI=1S/C16H11F5N4O3S/c1-29(26,27)25(12-5-11(17)6-22-7-12)8-10-3-2-9(4-13(10)18)14-23-24-15(28-14)16(19,20)21/h2-7H,8H2,1H3. The van der Waals surface area contributed by atoms with Gasteiger partial charge in [0.15, 0.2) is 0 Å². The average molecular weight is 434 g/mol. The maximum atomic E-state index is 14.5. The highest BCUT2D eigenvalue weighted by Gasteiger charge is 2.38. The smallest absolute Gasteiger partial charge is 0.413 e. The zero-order valence-corrected chi connectivity index (χ0v) is 15.3. The summed E-state index contributed by atoms with van der Waals surface area (Å²) < 4.78 is 94.8. The number of hydrogen-bond donors (Lipinski definition) is 0. The lowest BCUT2D eigenvalue weighted by molar-refractivity contribution is -0.156. The monoisotopic (exact) mass is 434 g/mol. The molecular weight excluding hydrogens is 423 g/mol. The fraction of sp³-hybridized carbons (Fsp3) is 0.188. The van der Waals surface area contributed by atoms with Crippen LogP contribution in [-0.4, -0.2) is 29.9 Å². The number of sulfonamides is 1. The third-order valence-corrected chi connectivity index (χ3v) is 4.80. The second-order valence-corrected chi connectivity index (χ2v) is 7.75. The van der Waals surface area contributed by atoms with E-state index in [1.807, 2.05) is 0 Å². The Kier molecular flexibility index (Phi) is 5.26. The van der Waals surface area contributed by atoms with Gasteiger partial charge in [0.25, 0.3) is 0 Å². The SMILES string of the molecule is CS(=O)(=O)N(Cc1ccc(-c2nnc(C(F)(F)F)o2)cc1F)c1cncc(F)c1. The summed E-state index contributed by atoms with van der Waals surface area (Å²) in [6.45, 7) is -0.506. The molecule has 0 aliphatic heterocycles.